The zero-order valence-electron chi connectivity index (χ0n) is 6.64. The first-order chi connectivity index (χ1) is 6.16. The van der Waals surface area contributed by atoms with Gasteiger partial charge < -0.3 is 0 Å². The van der Waals surface area contributed by atoms with Gasteiger partial charge in [-0.1, -0.05) is 39.1 Å². The maximum absolute atomic E-state index is 11.4. The van der Waals surface area contributed by atoms with E-state index in [0.29, 0.717) is 6.54 Å². The molecule has 72 valence electrons. The van der Waals surface area contributed by atoms with Gasteiger partial charge in [0.05, 0.1) is 11.2 Å². The molecular formula is C7H7BrCl2N2O. The van der Waals surface area contributed by atoms with Crippen LogP contribution in [-0.4, -0.2) is 15.1 Å². The third-order valence-electron chi connectivity index (χ3n) is 1.45. The molecule has 0 radical (unpaired) electrons. The zero-order valence-corrected chi connectivity index (χ0v) is 9.73. The van der Waals surface area contributed by atoms with E-state index in [-0.39, 0.29) is 15.6 Å². The number of rotatable bonds is 3. The molecule has 0 aliphatic carbocycles. The highest BCUT2D eigenvalue weighted by Gasteiger charge is 2.06. The van der Waals surface area contributed by atoms with Gasteiger partial charge in [0.1, 0.15) is 5.02 Å². The maximum atomic E-state index is 11.4. The molecule has 0 amide bonds. The Morgan fingerprint density at radius 1 is 1.54 bits per heavy atom. The van der Waals surface area contributed by atoms with Crippen molar-refractivity contribution in [1.82, 2.24) is 9.78 Å². The van der Waals surface area contributed by atoms with Crippen molar-refractivity contribution in [2.75, 3.05) is 5.33 Å². The van der Waals surface area contributed by atoms with E-state index in [2.05, 4.69) is 21.0 Å². The second-order valence-corrected chi connectivity index (χ2v) is 3.96. The summed E-state index contributed by atoms with van der Waals surface area (Å²) in [5, 5.41) is 4.89. The number of alkyl halides is 1. The Balaban J connectivity index is 2.97. The molecule has 0 aromatic carbocycles. The first-order valence-corrected chi connectivity index (χ1v) is 5.51. The van der Waals surface area contributed by atoms with Gasteiger partial charge in [-0.15, -0.1) is 0 Å². The molecule has 0 bridgehead atoms. The van der Waals surface area contributed by atoms with Crippen molar-refractivity contribution in [3.63, 3.8) is 0 Å². The number of aromatic nitrogens is 2. The van der Waals surface area contributed by atoms with Gasteiger partial charge in [0, 0.05) is 11.9 Å². The molecule has 1 rings (SSSR count). The van der Waals surface area contributed by atoms with E-state index >= 15 is 0 Å². The van der Waals surface area contributed by atoms with E-state index in [0.717, 1.165) is 11.8 Å². The normalized spacial score (nSPS) is 10.4. The van der Waals surface area contributed by atoms with E-state index in [1.54, 1.807) is 0 Å². The van der Waals surface area contributed by atoms with Crippen molar-refractivity contribution < 1.29 is 0 Å². The molecular weight excluding hydrogens is 279 g/mol. The van der Waals surface area contributed by atoms with E-state index < -0.39 is 0 Å². The van der Waals surface area contributed by atoms with Crippen LogP contribution >= 0.6 is 39.1 Å². The highest BCUT2D eigenvalue weighted by molar-refractivity contribution is 9.09. The predicted molar refractivity (Wildman–Crippen MR) is 56.9 cm³/mol. The molecule has 0 fully saturated rings. The largest absolute Gasteiger partial charge is 0.287 e. The van der Waals surface area contributed by atoms with Crippen LogP contribution in [0.3, 0.4) is 0 Å². The summed E-state index contributed by atoms with van der Waals surface area (Å²) in [6.45, 7) is 0.543. The zero-order chi connectivity index (χ0) is 9.84. The van der Waals surface area contributed by atoms with E-state index in [1.165, 1.54) is 10.9 Å². The van der Waals surface area contributed by atoms with Crippen molar-refractivity contribution >= 4 is 39.1 Å². The van der Waals surface area contributed by atoms with Crippen LogP contribution in [0.25, 0.3) is 0 Å². The Bertz CT molecular complexity index is 353. The Morgan fingerprint density at radius 3 is 2.85 bits per heavy atom. The molecule has 0 spiro atoms. The summed E-state index contributed by atoms with van der Waals surface area (Å²) in [5.41, 5.74) is -0.338. The van der Waals surface area contributed by atoms with Crippen LogP contribution in [0, 0.1) is 0 Å². The Hall–Kier alpha value is -0.0600. The van der Waals surface area contributed by atoms with Gasteiger partial charge >= 0.3 is 0 Å². The van der Waals surface area contributed by atoms with E-state index in [9.17, 15) is 4.79 Å². The van der Waals surface area contributed by atoms with Crippen molar-refractivity contribution in [3.8, 4) is 0 Å². The summed E-state index contributed by atoms with van der Waals surface area (Å²) in [6, 6.07) is 0. The molecule has 0 N–H and O–H groups in total. The Labute approximate surface area is 93.8 Å². The first kappa shape index (κ1) is 11.0. The molecule has 13 heavy (non-hydrogen) atoms. The molecule has 0 saturated heterocycles. The molecule has 6 heteroatoms. The van der Waals surface area contributed by atoms with Gasteiger partial charge in [-0.3, -0.25) is 4.79 Å². The minimum absolute atomic E-state index is 0.0336. The summed E-state index contributed by atoms with van der Waals surface area (Å²) < 4.78 is 1.30. The van der Waals surface area contributed by atoms with Gasteiger partial charge in [-0.05, 0) is 6.42 Å². The molecule has 1 heterocycles. The first-order valence-electron chi connectivity index (χ1n) is 3.64. The Morgan fingerprint density at radius 2 is 2.23 bits per heavy atom. The molecule has 1 aromatic rings. The van der Waals surface area contributed by atoms with Gasteiger partial charge in [0.25, 0.3) is 5.56 Å². The lowest BCUT2D eigenvalue weighted by atomic mass is 10.5. The standard InChI is InChI=1S/C7H7BrCl2N2O/c8-2-1-3-12-7(13)6(10)5(9)4-11-12/h4H,1-3H2. The highest BCUT2D eigenvalue weighted by Crippen LogP contribution is 2.14. The second-order valence-electron chi connectivity index (χ2n) is 2.38. The monoisotopic (exact) mass is 284 g/mol. The number of hydrogen-bond donors (Lipinski definition) is 0. The lowest BCUT2D eigenvalue weighted by molar-refractivity contribution is 0.572. The fraction of sp³-hybridized carbons (Fsp3) is 0.429. The molecule has 0 unspecified atom stereocenters. The Kier molecular flexibility index (Phi) is 4.22. The van der Waals surface area contributed by atoms with Gasteiger partial charge in [0.2, 0.25) is 0 Å². The third kappa shape index (κ3) is 2.69. The number of hydrogen-bond acceptors (Lipinski definition) is 2. The highest BCUT2D eigenvalue weighted by atomic mass is 79.9. The van der Waals surface area contributed by atoms with Gasteiger partial charge in [-0.2, -0.15) is 5.10 Å². The minimum atomic E-state index is -0.338. The van der Waals surface area contributed by atoms with E-state index in [1.807, 2.05) is 0 Å². The van der Waals surface area contributed by atoms with Crippen molar-refractivity contribution in [1.29, 1.82) is 0 Å². The van der Waals surface area contributed by atoms with Crippen LogP contribution in [0.2, 0.25) is 10.0 Å². The van der Waals surface area contributed by atoms with Crippen LogP contribution < -0.4 is 5.56 Å². The minimum Gasteiger partial charge on any atom is -0.266 e. The quantitative estimate of drug-likeness (QED) is 0.799. The third-order valence-corrected chi connectivity index (χ3v) is 2.76. The van der Waals surface area contributed by atoms with Crippen LogP contribution in [-0.2, 0) is 6.54 Å². The number of aryl methyl sites for hydroxylation is 1. The lowest BCUT2D eigenvalue weighted by Crippen LogP contribution is -2.23. The fourth-order valence-corrected chi connectivity index (χ4v) is 1.34. The summed E-state index contributed by atoms with van der Waals surface area (Å²) >= 11 is 14.5. The summed E-state index contributed by atoms with van der Waals surface area (Å²) in [7, 11) is 0. The van der Waals surface area contributed by atoms with Gasteiger partial charge in [0.15, 0.2) is 0 Å². The maximum Gasteiger partial charge on any atom is 0.287 e. The van der Waals surface area contributed by atoms with Crippen LogP contribution in [0.1, 0.15) is 6.42 Å². The average Bonchev–Trinajstić information content (AvgIpc) is 2.13. The van der Waals surface area contributed by atoms with Gasteiger partial charge in [-0.25, -0.2) is 4.68 Å². The number of nitrogens with zero attached hydrogens (tertiary/aromatic N) is 2. The van der Waals surface area contributed by atoms with Crippen LogP contribution in [0.5, 0.6) is 0 Å². The summed E-state index contributed by atoms with van der Waals surface area (Å²) in [5.74, 6) is 0. The van der Waals surface area contributed by atoms with Crippen LogP contribution in [0.15, 0.2) is 11.0 Å². The van der Waals surface area contributed by atoms with Crippen molar-refractivity contribution in [2.45, 2.75) is 13.0 Å². The fourth-order valence-electron chi connectivity index (χ4n) is 0.814. The number of halogens is 3. The smallest absolute Gasteiger partial charge is 0.266 e. The molecule has 1 aromatic heterocycles. The van der Waals surface area contributed by atoms with Crippen molar-refractivity contribution in [2.24, 2.45) is 0 Å². The lowest BCUT2D eigenvalue weighted by Gasteiger charge is -2.03. The summed E-state index contributed by atoms with van der Waals surface area (Å²) in [4.78, 5) is 11.4. The molecule has 0 saturated carbocycles. The van der Waals surface area contributed by atoms with E-state index in [4.69, 9.17) is 23.2 Å². The SMILES string of the molecule is O=c1c(Cl)c(Cl)cnn1CCCBr. The molecule has 3 nitrogen and oxygen atoms in total. The molecule has 0 atom stereocenters. The molecule has 0 aliphatic rings. The summed E-state index contributed by atoms with van der Waals surface area (Å²) in [6.07, 6.45) is 2.20. The second kappa shape index (κ2) is 4.98. The average molecular weight is 286 g/mol. The molecule has 0 aliphatic heterocycles. The van der Waals surface area contributed by atoms with Crippen molar-refractivity contribution in [3.05, 3.63) is 26.6 Å². The predicted octanol–water partition coefficient (Wildman–Crippen LogP) is 2.34. The topological polar surface area (TPSA) is 34.9 Å². The van der Waals surface area contributed by atoms with Crippen LogP contribution in [0.4, 0.5) is 0 Å².